The Morgan fingerprint density at radius 3 is 3.00 bits per heavy atom. The van der Waals surface area contributed by atoms with Crippen LogP contribution in [0.3, 0.4) is 0 Å². The van der Waals surface area contributed by atoms with E-state index in [-0.39, 0.29) is 10.8 Å². The molecule has 1 heterocycles. The first-order valence-corrected chi connectivity index (χ1v) is 7.37. The molecule has 1 aromatic carbocycles. The lowest BCUT2D eigenvalue weighted by Crippen LogP contribution is -2.52. The Morgan fingerprint density at radius 1 is 1.53 bits per heavy atom. The summed E-state index contributed by atoms with van der Waals surface area (Å²) in [5.41, 5.74) is 1.08. The summed E-state index contributed by atoms with van der Waals surface area (Å²) in [6.07, 6.45) is 1.19. The summed E-state index contributed by atoms with van der Waals surface area (Å²) in [5.74, 6) is 0.336. The Hall–Kier alpha value is -0.640. The molecule has 1 N–H and O–H groups in total. The van der Waals surface area contributed by atoms with Gasteiger partial charge in [0.2, 0.25) is 0 Å². The summed E-state index contributed by atoms with van der Waals surface area (Å²) in [4.78, 5) is 2.41. The molecular formula is C15H22ClFN2. The summed E-state index contributed by atoms with van der Waals surface area (Å²) < 4.78 is 13.1. The molecule has 0 saturated carbocycles. The topological polar surface area (TPSA) is 15.3 Å². The molecule has 2 unspecified atom stereocenters. The Bertz CT molecular complexity index is 425. The number of piperazine rings is 1. The molecule has 19 heavy (non-hydrogen) atoms. The first kappa shape index (κ1) is 14.8. The zero-order valence-electron chi connectivity index (χ0n) is 11.6. The van der Waals surface area contributed by atoms with E-state index in [1.165, 1.54) is 12.5 Å². The summed E-state index contributed by atoms with van der Waals surface area (Å²) in [7, 11) is 0. The van der Waals surface area contributed by atoms with Crippen molar-refractivity contribution in [2.24, 2.45) is 5.92 Å². The van der Waals surface area contributed by atoms with Crippen LogP contribution < -0.4 is 5.32 Å². The van der Waals surface area contributed by atoms with Gasteiger partial charge < -0.3 is 5.32 Å². The Morgan fingerprint density at radius 2 is 2.32 bits per heavy atom. The lowest BCUT2D eigenvalue weighted by Gasteiger charge is -2.36. The minimum absolute atomic E-state index is 0.214. The van der Waals surface area contributed by atoms with Crippen LogP contribution in [-0.2, 0) is 6.54 Å². The highest BCUT2D eigenvalue weighted by atomic mass is 35.5. The second-order valence-electron chi connectivity index (χ2n) is 5.43. The first-order valence-electron chi connectivity index (χ1n) is 6.99. The lowest BCUT2D eigenvalue weighted by atomic mass is 9.97. The van der Waals surface area contributed by atoms with Crippen LogP contribution in [0.1, 0.15) is 25.8 Å². The van der Waals surface area contributed by atoms with Gasteiger partial charge >= 0.3 is 0 Å². The van der Waals surface area contributed by atoms with Gasteiger partial charge in [0, 0.05) is 32.2 Å². The number of rotatable bonds is 4. The van der Waals surface area contributed by atoms with Crippen LogP contribution in [0.25, 0.3) is 0 Å². The molecule has 0 aliphatic carbocycles. The minimum atomic E-state index is -0.344. The third-order valence-electron chi connectivity index (χ3n) is 4.01. The standard InChI is InChI=1S/C15H22ClFN2/c1-3-11(2)15-10-19(7-6-18-15)9-12-4-5-14(17)13(16)8-12/h4-5,8,11,15,18H,3,6-7,9-10H2,1-2H3. The maximum absolute atomic E-state index is 13.1. The molecule has 1 aliphatic heterocycles. The van der Waals surface area contributed by atoms with Crippen molar-refractivity contribution in [3.05, 3.63) is 34.6 Å². The molecule has 4 heteroatoms. The van der Waals surface area contributed by atoms with Crippen molar-refractivity contribution >= 4 is 11.6 Å². The third kappa shape index (κ3) is 3.91. The van der Waals surface area contributed by atoms with E-state index in [2.05, 4.69) is 24.1 Å². The second-order valence-corrected chi connectivity index (χ2v) is 5.84. The number of hydrogen-bond donors (Lipinski definition) is 1. The highest BCUT2D eigenvalue weighted by molar-refractivity contribution is 6.30. The van der Waals surface area contributed by atoms with Crippen LogP contribution in [-0.4, -0.2) is 30.6 Å². The van der Waals surface area contributed by atoms with Crippen LogP contribution in [0.15, 0.2) is 18.2 Å². The molecule has 1 aromatic rings. The fourth-order valence-electron chi connectivity index (χ4n) is 2.55. The number of hydrogen-bond acceptors (Lipinski definition) is 2. The van der Waals surface area contributed by atoms with Crippen molar-refractivity contribution in [3.8, 4) is 0 Å². The molecule has 0 aromatic heterocycles. The van der Waals surface area contributed by atoms with Crippen LogP contribution >= 0.6 is 11.6 Å². The van der Waals surface area contributed by atoms with Gasteiger partial charge in [-0.05, 0) is 23.6 Å². The fourth-order valence-corrected chi connectivity index (χ4v) is 2.75. The normalized spacial score (nSPS) is 22.4. The molecule has 0 bridgehead atoms. The fraction of sp³-hybridized carbons (Fsp3) is 0.600. The molecule has 1 aliphatic rings. The molecule has 2 nitrogen and oxygen atoms in total. The van der Waals surface area contributed by atoms with Gasteiger partial charge in [0.25, 0.3) is 0 Å². The first-order chi connectivity index (χ1) is 9.10. The van der Waals surface area contributed by atoms with Gasteiger partial charge in [-0.2, -0.15) is 0 Å². The number of benzene rings is 1. The Balaban J connectivity index is 1.96. The van der Waals surface area contributed by atoms with Crippen molar-refractivity contribution in [2.45, 2.75) is 32.9 Å². The average molecular weight is 285 g/mol. The number of nitrogens with zero attached hydrogens (tertiary/aromatic N) is 1. The molecule has 2 atom stereocenters. The molecule has 0 spiro atoms. The Kier molecular flexibility index (Phi) is 5.20. The monoisotopic (exact) mass is 284 g/mol. The molecule has 1 saturated heterocycles. The van der Waals surface area contributed by atoms with Gasteiger partial charge in [0.1, 0.15) is 5.82 Å². The molecule has 0 radical (unpaired) electrons. The van der Waals surface area contributed by atoms with Crippen LogP contribution in [0.5, 0.6) is 0 Å². The largest absolute Gasteiger partial charge is 0.311 e. The maximum Gasteiger partial charge on any atom is 0.141 e. The summed E-state index contributed by atoms with van der Waals surface area (Å²) >= 11 is 5.83. The summed E-state index contributed by atoms with van der Waals surface area (Å²) in [6.45, 7) is 8.45. The number of nitrogens with one attached hydrogen (secondary N) is 1. The average Bonchev–Trinajstić information content (AvgIpc) is 2.42. The predicted molar refractivity (Wildman–Crippen MR) is 77.9 cm³/mol. The molecule has 2 rings (SSSR count). The quantitative estimate of drug-likeness (QED) is 0.913. The highest BCUT2D eigenvalue weighted by Crippen LogP contribution is 2.19. The van der Waals surface area contributed by atoms with Crippen molar-refractivity contribution in [1.29, 1.82) is 0 Å². The summed E-state index contributed by atoms with van der Waals surface area (Å²) in [5, 5.41) is 3.79. The van der Waals surface area contributed by atoms with Crippen LogP contribution in [0.4, 0.5) is 4.39 Å². The predicted octanol–water partition coefficient (Wildman–Crippen LogP) is 3.30. The smallest absolute Gasteiger partial charge is 0.141 e. The second kappa shape index (κ2) is 6.69. The SMILES string of the molecule is CCC(C)C1CN(Cc2ccc(F)c(Cl)c2)CCN1. The van der Waals surface area contributed by atoms with E-state index >= 15 is 0 Å². The Labute approximate surface area is 119 Å². The zero-order valence-corrected chi connectivity index (χ0v) is 12.4. The maximum atomic E-state index is 13.1. The van der Waals surface area contributed by atoms with Gasteiger partial charge in [-0.1, -0.05) is 37.9 Å². The van der Waals surface area contributed by atoms with Crippen molar-refractivity contribution in [3.63, 3.8) is 0 Å². The third-order valence-corrected chi connectivity index (χ3v) is 4.30. The van der Waals surface area contributed by atoms with Gasteiger partial charge in [-0.25, -0.2) is 4.39 Å². The van der Waals surface area contributed by atoms with E-state index in [1.807, 2.05) is 6.07 Å². The molecule has 106 valence electrons. The van der Waals surface area contributed by atoms with E-state index in [9.17, 15) is 4.39 Å². The van der Waals surface area contributed by atoms with E-state index in [1.54, 1.807) is 6.07 Å². The molecule has 1 fully saturated rings. The van der Waals surface area contributed by atoms with Gasteiger partial charge in [-0.15, -0.1) is 0 Å². The van der Waals surface area contributed by atoms with E-state index in [0.29, 0.717) is 12.0 Å². The van der Waals surface area contributed by atoms with Crippen molar-refractivity contribution in [1.82, 2.24) is 10.2 Å². The van der Waals surface area contributed by atoms with Gasteiger partial charge in [0.15, 0.2) is 0 Å². The molecular weight excluding hydrogens is 263 g/mol. The van der Waals surface area contributed by atoms with E-state index < -0.39 is 0 Å². The van der Waals surface area contributed by atoms with Gasteiger partial charge in [-0.3, -0.25) is 4.90 Å². The van der Waals surface area contributed by atoms with Crippen LogP contribution in [0.2, 0.25) is 5.02 Å². The number of halogens is 2. The zero-order chi connectivity index (χ0) is 13.8. The van der Waals surface area contributed by atoms with Gasteiger partial charge in [0.05, 0.1) is 5.02 Å². The van der Waals surface area contributed by atoms with Crippen LogP contribution in [0, 0.1) is 11.7 Å². The highest BCUT2D eigenvalue weighted by Gasteiger charge is 2.23. The summed E-state index contributed by atoms with van der Waals surface area (Å²) in [6, 6.07) is 5.56. The lowest BCUT2D eigenvalue weighted by molar-refractivity contribution is 0.162. The van der Waals surface area contributed by atoms with Crippen molar-refractivity contribution < 1.29 is 4.39 Å². The minimum Gasteiger partial charge on any atom is -0.311 e. The van der Waals surface area contributed by atoms with E-state index in [0.717, 1.165) is 31.7 Å². The van der Waals surface area contributed by atoms with Crippen molar-refractivity contribution in [2.75, 3.05) is 19.6 Å². The van der Waals surface area contributed by atoms with E-state index in [4.69, 9.17) is 11.6 Å². The molecule has 0 amide bonds.